The van der Waals surface area contributed by atoms with Gasteiger partial charge in [-0.05, 0) is 12.1 Å². The fourth-order valence-corrected chi connectivity index (χ4v) is 2.77. The van der Waals surface area contributed by atoms with Gasteiger partial charge in [0.1, 0.15) is 5.69 Å². The van der Waals surface area contributed by atoms with Crippen molar-refractivity contribution in [2.75, 3.05) is 14.1 Å². The molecule has 3 heterocycles. The van der Waals surface area contributed by atoms with Crippen LogP contribution in [0.4, 0.5) is 11.4 Å². The molecule has 1 aliphatic heterocycles. The summed E-state index contributed by atoms with van der Waals surface area (Å²) in [5, 5.41) is 1.17. The summed E-state index contributed by atoms with van der Waals surface area (Å²) in [5.74, 6) is 0. The molecule has 0 saturated heterocycles. The lowest BCUT2D eigenvalue weighted by Gasteiger charge is -2.19. The number of H-pyrrole nitrogens is 1. The van der Waals surface area contributed by atoms with Crippen LogP contribution in [0.2, 0.25) is 0 Å². The van der Waals surface area contributed by atoms with Crippen molar-refractivity contribution < 1.29 is 0 Å². The molecular formula is C16H15N4+. The average Bonchev–Trinajstić information content (AvgIpc) is 3.03. The van der Waals surface area contributed by atoms with Crippen molar-refractivity contribution in [2.45, 2.75) is 0 Å². The van der Waals surface area contributed by atoms with Gasteiger partial charge in [-0.25, -0.2) is 0 Å². The van der Waals surface area contributed by atoms with E-state index in [4.69, 9.17) is 0 Å². The zero-order valence-corrected chi connectivity index (χ0v) is 11.5. The van der Waals surface area contributed by atoms with E-state index in [1.165, 1.54) is 11.1 Å². The number of fused-ring (bicyclic) bond motifs is 2. The van der Waals surface area contributed by atoms with E-state index in [1.807, 2.05) is 24.8 Å². The Morgan fingerprint density at radius 2 is 2.00 bits per heavy atom. The molecule has 0 spiro atoms. The molecule has 0 aliphatic carbocycles. The monoisotopic (exact) mass is 263 g/mol. The first kappa shape index (κ1) is 11.4. The van der Waals surface area contributed by atoms with E-state index in [0.29, 0.717) is 4.48 Å². The molecule has 1 aromatic carbocycles. The summed E-state index contributed by atoms with van der Waals surface area (Å²) in [5.41, 5.74) is 5.33. The molecule has 4 rings (SSSR count). The van der Waals surface area contributed by atoms with Crippen molar-refractivity contribution in [3.05, 3.63) is 42.7 Å². The van der Waals surface area contributed by atoms with Gasteiger partial charge >= 0.3 is 0 Å². The van der Waals surface area contributed by atoms with Gasteiger partial charge in [0, 0.05) is 29.4 Å². The van der Waals surface area contributed by atoms with E-state index >= 15 is 0 Å². The lowest BCUT2D eigenvalue weighted by molar-refractivity contribution is 0.625. The molecule has 2 aromatic heterocycles. The third kappa shape index (κ3) is 1.45. The van der Waals surface area contributed by atoms with Gasteiger partial charge in [0.2, 0.25) is 0 Å². The van der Waals surface area contributed by atoms with Gasteiger partial charge < -0.3 is 4.98 Å². The Bertz CT molecular complexity index is 843. The van der Waals surface area contributed by atoms with E-state index < -0.39 is 0 Å². The quantitative estimate of drug-likeness (QED) is 0.671. The number of quaternary nitrogens is 1. The van der Waals surface area contributed by atoms with Gasteiger partial charge in [-0.1, -0.05) is 12.1 Å². The second kappa shape index (κ2) is 3.77. The number of aliphatic imine (C=N–C) groups is 1. The number of aromatic nitrogens is 2. The second-order valence-electron chi connectivity index (χ2n) is 5.56. The maximum absolute atomic E-state index is 4.61. The number of nitrogens with one attached hydrogen (secondary N) is 1. The fraction of sp³-hybridized carbons (Fsp3) is 0.125. The Hall–Kier alpha value is -2.46. The van der Waals surface area contributed by atoms with E-state index in [0.717, 1.165) is 22.5 Å². The van der Waals surface area contributed by atoms with Crippen molar-refractivity contribution in [1.82, 2.24) is 14.5 Å². The van der Waals surface area contributed by atoms with Crippen LogP contribution in [0.1, 0.15) is 0 Å². The topological polar surface area (TPSA) is 41.0 Å². The van der Waals surface area contributed by atoms with Crippen LogP contribution in [-0.4, -0.2) is 30.4 Å². The summed E-state index contributed by atoms with van der Waals surface area (Å²) in [4.78, 5) is 12.5. The summed E-state index contributed by atoms with van der Waals surface area (Å²) in [6, 6.07) is 10.4. The van der Waals surface area contributed by atoms with Gasteiger partial charge in [0.25, 0.3) is 0 Å². The zero-order chi connectivity index (χ0) is 13.7. The third-order valence-electron chi connectivity index (χ3n) is 3.84. The highest BCUT2D eigenvalue weighted by Crippen LogP contribution is 2.43. The molecule has 98 valence electrons. The van der Waals surface area contributed by atoms with Crippen molar-refractivity contribution in [2.24, 2.45) is 4.99 Å². The lowest BCUT2D eigenvalue weighted by atomic mass is 10.1. The number of rotatable bonds is 1. The number of aromatic amines is 1. The fourth-order valence-electron chi connectivity index (χ4n) is 2.77. The Balaban J connectivity index is 2.04. The predicted molar refractivity (Wildman–Crippen MR) is 83.3 cm³/mol. The van der Waals surface area contributed by atoms with Gasteiger partial charge in [0.15, 0.2) is 12.0 Å². The minimum atomic E-state index is 0.671. The minimum Gasteiger partial charge on any atom is -0.359 e. The van der Waals surface area contributed by atoms with E-state index in [9.17, 15) is 0 Å². The minimum absolute atomic E-state index is 0.671. The molecule has 0 radical (unpaired) electrons. The number of para-hydroxylation sites is 1. The normalized spacial score (nSPS) is 15.7. The van der Waals surface area contributed by atoms with Gasteiger partial charge in [-0.15, -0.1) is 0 Å². The summed E-state index contributed by atoms with van der Waals surface area (Å²) >= 11 is 0. The summed E-state index contributed by atoms with van der Waals surface area (Å²) in [6.07, 6.45) is 5.76. The Morgan fingerprint density at radius 1 is 1.10 bits per heavy atom. The molecule has 1 N–H and O–H groups in total. The van der Waals surface area contributed by atoms with E-state index in [-0.39, 0.29) is 0 Å². The first-order chi connectivity index (χ1) is 9.67. The number of pyridine rings is 1. The second-order valence-corrected chi connectivity index (χ2v) is 5.56. The highest BCUT2D eigenvalue weighted by molar-refractivity contribution is 6.00. The molecule has 20 heavy (non-hydrogen) atoms. The molecule has 0 atom stereocenters. The third-order valence-corrected chi connectivity index (χ3v) is 3.84. The highest BCUT2D eigenvalue weighted by atomic mass is 15.4. The summed E-state index contributed by atoms with van der Waals surface area (Å²) in [6.45, 7) is 0. The van der Waals surface area contributed by atoms with E-state index in [1.54, 1.807) is 0 Å². The van der Waals surface area contributed by atoms with Gasteiger partial charge in [0.05, 0.1) is 25.3 Å². The molecule has 4 heteroatoms. The van der Waals surface area contributed by atoms with Crippen LogP contribution in [0.5, 0.6) is 0 Å². The summed E-state index contributed by atoms with van der Waals surface area (Å²) < 4.78 is 0.671. The number of benzene rings is 1. The average molecular weight is 263 g/mol. The maximum Gasteiger partial charge on any atom is 0.195 e. The lowest BCUT2D eigenvalue weighted by Crippen LogP contribution is -2.36. The van der Waals surface area contributed by atoms with Crippen LogP contribution in [-0.2, 0) is 0 Å². The van der Waals surface area contributed by atoms with Crippen LogP contribution in [0, 0.1) is 0 Å². The molecule has 0 amide bonds. The van der Waals surface area contributed by atoms with Crippen LogP contribution < -0.4 is 4.48 Å². The van der Waals surface area contributed by atoms with E-state index in [2.05, 4.69) is 53.3 Å². The van der Waals surface area contributed by atoms with Crippen LogP contribution in [0.3, 0.4) is 0 Å². The van der Waals surface area contributed by atoms with Crippen molar-refractivity contribution >= 4 is 28.6 Å². The smallest absolute Gasteiger partial charge is 0.195 e. The molecule has 4 nitrogen and oxygen atoms in total. The molecule has 0 unspecified atom stereocenters. The molecular weight excluding hydrogens is 248 g/mol. The highest BCUT2D eigenvalue weighted by Gasteiger charge is 2.29. The molecule has 0 bridgehead atoms. The first-order valence-corrected chi connectivity index (χ1v) is 6.62. The van der Waals surface area contributed by atoms with Crippen molar-refractivity contribution in [3.63, 3.8) is 0 Å². The Morgan fingerprint density at radius 3 is 2.90 bits per heavy atom. The SMILES string of the molecule is C[N+]1(C)C=Nc2c(-c3nccc4cc[nH]c34)cccc21. The zero-order valence-electron chi connectivity index (χ0n) is 11.5. The van der Waals surface area contributed by atoms with Gasteiger partial charge in [-0.3, -0.25) is 9.47 Å². The summed E-state index contributed by atoms with van der Waals surface area (Å²) in [7, 11) is 4.25. The molecule has 0 saturated carbocycles. The van der Waals surface area contributed by atoms with Gasteiger partial charge in [-0.2, -0.15) is 4.99 Å². The standard InChI is InChI=1S/C16H15N4/c1-20(2)10-19-15-12(4-3-5-13(15)20)16-14-11(6-8-17-14)7-9-18-16/h3-10,17H,1-2H3/q+1. The number of nitrogens with zero attached hydrogens (tertiary/aromatic N) is 3. The number of hydrogen-bond donors (Lipinski definition) is 1. The molecule has 3 aromatic rings. The first-order valence-electron chi connectivity index (χ1n) is 6.62. The van der Waals surface area contributed by atoms with Crippen molar-refractivity contribution in [3.8, 4) is 11.3 Å². The Labute approximate surface area is 117 Å². The van der Waals surface area contributed by atoms with Crippen molar-refractivity contribution in [1.29, 1.82) is 0 Å². The van der Waals surface area contributed by atoms with Crippen LogP contribution in [0.15, 0.2) is 47.7 Å². The molecule has 0 fully saturated rings. The van der Waals surface area contributed by atoms with Crippen LogP contribution in [0.25, 0.3) is 22.2 Å². The largest absolute Gasteiger partial charge is 0.359 e. The Kier molecular flexibility index (Phi) is 2.15. The molecule has 1 aliphatic rings. The number of hydrogen-bond acceptors (Lipinski definition) is 2. The predicted octanol–water partition coefficient (Wildman–Crippen LogP) is 3.47. The van der Waals surface area contributed by atoms with Crippen LogP contribution >= 0.6 is 0 Å². The maximum atomic E-state index is 4.61.